The molecule has 0 amide bonds. The van der Waals surface area contributed by atoms with Crippen molar-refractivity contribution in [1.29, 1.82) is 0 Å². The lowest BCUT2D eigenvalue weighted by atomic mass is 9.97. The topological polar surface area (TPSA) is 149 Å². The Morgan fingerprint density at radius 3 is 1.87 bits per heavy atom. The summed E-state index contributed by atoms with van der Waals surface area (Å²) in [6, 6.07) is 0. The van der Waals surface area contributed by atoms with Crippen molar-refractivity contribution < 1.29 is 44.8 Å². The van der Waals surface area contributed by atoms with Crippen molar-refractivity contribution in [3.63, 3.8) is 0 Å². The van der Waals surface area contributed by atoms with Gasteiger partial charge >= 0.3 is 0 Å². The maximum absolute atomic E-state index is 10.1. The highest BCUT2D eigenvalue weighted by atomic mass is 32.1. The van der Waals surface area contributed by atoms with Crippen LogP contribution in [0.1, 0.15) is 0 Å². The molecule has 0 aromatic heterocycles. The highest BCUT2D eigenvalue weighted by molar-refractivity contribution is 7.80. The van der Waals surface area contributed by atoms with Gasteiger partial charge in [0.15, 0.2) is 12.6 Å². The molecular weight excluding hydrogens is 352 g/mol. The normalized spacial score (nSPS) is 51.7. The van der Waals surface area contributed by atoms with Crippen molar-refractivity contribution >= 4 is 25.3 Å². The van der Waals surface area contributed by atoms with Crippen molar-refractivity contribution in [2.24, 2.45) is 0 Å². The maximum atomic E-state index is 10.1. The zero-order chi connectivity index (χ0) is 17.3. The first-order valence-electron chi connectivity index (χ1n) is 7.08. The van der Waals surface area contributed by atoms with Crippen LogP contribution >= 0.6 is 25.3 Å². The Morgan fingerprint density at radius 1 is 0.696 bits per heavy atom. The fourth-order valence-corrected chi connectivity index (χ4v) is 3.17. The molecule has 2 heterocycles. The first-order chi connectivity index (χ1) is 10.8. The van der Waals surface area contributed by atoms with Gasteiger partial charge in [-0.2, -0.15) is 25.3 Å². The minimum absolute atomic E-state index is 0.0511. The van der Waals surface area contributed by atoms with E-state index in [1.807, 2.05) is 0 Å². The van der Waals surface area contributed by atoms with Gasteiger partial charge in [-0.1, -0.05) is 0 Å². The van der Waals surface area contributed by atoms with Crippen molar-refractivity contribution in [3.8, 4) is 0 Å². The van der Waals surface area contributed by atoms with Crippen LogP contribution in [0.4, 0.5) is 0 Å². The van der Waals surface area contributed by atoms with Gasteiger partial charge in [0.2, 0.25) is 0 Å². The van der Waals surface area contributed by atoms with E-state index >= 15 is 0 Å². The van der Waals surface area contributed by atoms with Crippen LogP contribution in [0.2, 0.25) is 0 Å². The average molecular weight is 374 g/mol. The molecule has 0 aliphatic carbocycles. The predicted octanol–water partition coefficient (Wildman–Crippen LogP) is -3.52. The Labute approximate surface area is 143 Å². The minimum Gasteiger partial charge on any atom is -0.388 e. The van der Waals surface area contributed by atoms with Gasteiger partial charge in [0.1, 0.15) is 36.6 Å². The zero-order valence-electron chi connectivity index (χ0n) is 12.0. The van der Waals surface area contributed by atoms with Gasteiger partial charge < -0.3 is 44.8 Å². The Kier molecular flexibility index (Phi) is 6.96. The maximum Gasteiger partial charge on any atom is 0.187 e. The molecule has 2 aliphatic rings. The number of hydrogen-bond acceptors (Lipinski definition) is 11. The first kappa shape index (κ1) is 19.7. The van der Waals surface area contributed by atoms with Crippen LogP contribution in [0.25, 0.3) is 0 Å². The number of rotatable bonds is 4. The van der Waals surface area contributed by atoms with E-state index in [9.17, 15) is 30.6 Å². The molecule has 0 saturated carbocycles. The Morgan fingerprint density at radius 2 is 1.30 bits per heavy atom. The van der Waals surface area contributed by atoms with Crippen LogP contribution in [0.15, 0.2) is 0 Å². The molecular formula is C12H22O9S2. The van der Waals surface area contributed by atoms with Gasteiger partial charge in [0, 0.05) is 11.5 Å². The van der Waals surface area contributed by atoms with E-state index < -0.39 is 61.4 Å². The summed E-state index contributed by atoms with van der Waals surface area (Å²) in [5.41, 5.74) is 0. The van der Waals surface area contributed by atoms with Crippen molar-refractivity contribution in [2.75, 3.05) is 11.5 Å². The summed E-state index contributed by atoms with van der Waals surface area (Å²) in [6.07, 6.45) is -13.5. The summed E-state index contributed by atoms with van der Waals surface area (Å²) >= 11 is 8.02. The van der Waals surface area contributed by atoms with Crippen LogP contribution in [-0.2, 0) is 14.2 Å². The molecule has 0 aromatic carbocycles. The molecule has 2 saturated heterocycles. The van der Waals surface area contributed by atoms with E-state index in [1.165, 1.54) is 0 Å². The fourth-order valence-electron chi connectivity index (χ4n) is 2.57. The van der Waals surface area contributed by atoms with Crippen LogP contribution in [-0.4, -0.2) is 104 Å². The van der Waals surface area contributed by atoms with E-state index in [1.54, 1.807) is 0 Å². The highest BCUT2D eigenvalue weighted by Crippen LogP contribution is 2.29. The summed E-state index contributed by atoms with van der Waals surface area (Å²) in [5, 5.41) is 58.8. The molecule has 136 valence electrons. The third-order valence-electron chi connectivity index (χ3n) is 3.98. The summed E-state index contributed by atoms with van der Waals surface area (Å²) < 4.78 is 15.9. The SMILES string of the molecule is OC1[C@H](O[C@@H]2C(CS)O[C@@H](O)C(O)[C@H]2O)OC(CS)[C@@H](O)[C@@H]1O. The Bertz CT molecular complexity index is 386. The monoisotopic (exact) mass is 374 g/mol. The van der Waals surface area contributed by atoms with E-state index in [2.05, 4.69) is 25.3 Å². The van der Waals surface area contributed by atoms with Gasteiger partial charge in [-0.05, 0) is 0 Å². The molecule has 0 bridgehead atoms. The number of hydrogen-bond donors (Lipinski definition) is 8. The van der Waals surface area contributed by atoms with E-state index in [0.717, 1.165) is 0 Å². The highest BCUT2D eigenvalue weighted by Gasteiger charge is 2.49. The quantitative estimate of drug-likeness (QED) is 0.234. The van der Waals surface area contributed by atoms with Crippen LogP contribution in [0, 0.1) is 0 Å². The molecule has 4 unspecified atom stereocenters. The molecule has 2 fully saturated rings. The lowest BCUT2D eigenvalue weighted by molar-refractivity contribution is -0.346. The third-order valence-corrected chi connectivity index (χ3v) is 4.70. The second-order valence-corrected chi connectivity index (χ2v) is 6.26. The van der Waals surface area contributed by atoms with Gasteiger partial charge in [0.25, 0.3) is 0 Å². The van der Waals surface area contributed by atoms with E-state index in [4.69, 9.17) is 14.2 Å². The Hall–Kier alpha value is 0.340. The molecule has 9 nitrogen and oxygen atoms in total. The number of ether oxygens (including phenoxy) is 3. The molecule has 0 aromatic rings. The van der Waals surface area contributed by atoms with Crippen molar-refractivity contribution in [3.05, 3.63) is 0 Å². The molecule has 11 heteroatoms. The largest absolute Gasteiger partial charge is 0.388 e. The lowest BCUT2D eigenvalue weighted by Crippen LogP contribution is -2.64. The lowest BCUT2D eigenvalue weighted by Gasteiger charge is -2.45. The average Bonchev–Trinajstić information content (AvgIpc) is 2.55. The number of aliphatic hydroxyl groups excluding tert-OH is 6. The van der Waals surface area contributed by atoms with E-state index in [0.29, 0.717) is 0 Å². The molecule has 23 heavy (non-hydrogen) atoms. The smallest absolute Gasteiger partial charge is 0.187 e. The summed E-state index contributed by atoms with van der Waals surface area (Å²) in [7, 11) is 0. The fraction of sp³-hybridized carbons (Fsp3) is 1.00. The van der Waals surface area contributed by atoms with Gasteiger partial charge in [-0.15, -0.1) is 0 Å². The summed E-state index contributed by atoms with van der Waals surface area (Å²) in [5.74, 6) is 0.112. The standard InChI is InChI=1S/C12H22O9S2/c13-5-3(1-22)20-12(9(17)6(5)14)21-10-4(2-23)19-11(18)8(16)7(10)15/h3-18,22-23H,1-2H2/t3?,4?,5-,6+,7-,8?,9?,10-,11-,12+/m1/s1. The molecule has 6 N–H and O–H groups in total. The molecule has 2 aliphatic heterocycles. The molecule has 10 atom stereocenters. The Balaban J connectivity index is 2.11. The summed E-state index contributed by atoms with van der Waals surface area (Å²) in [6.45, 7) is 0. The van der Waals surface area contributed by atoms with Gasteiger partial charge in [0.05, 0.1) is 12.2 Å². The predicted molar refractivity (Wildman–Crippen MR) is 82.2 cm³/mol. The number of aliphatic hydroxyl groups is 6. The van der Waals surface area contributed by atoms with Crippen LogP contribution in [0.3, 0.4) is 0 Å². The first-order valence-corrected chi connectivity index (χ1v) is 8.34. The van der Waals surface area contributed by atoms with Crippen molar-refractivity contribution in [1.82, 2.24) is 0 Å². The number of thiol groups is 2. The second-order valence-electron chi connectivity index (χ2n) is 5.53. The zero-order valence-corrected chi connectivity index (χ0v) is 13.8. The summed E-state index contributed by atoms with van der Waals surface area (Å²) in [4.78, 5) is 0. The van der Waals surface area contributed by atoms with Gasteiger partial charge in [-0.25, -0.2) is 0 Å². The van der Waals surface area contributed by atoms with E-state index in [-0.39, 0.29) is 11.5 Å². The molecule has 0 spiro atoms. The van der Waals surface area contributed by atoms with Crippen LogP contribution < -0.4 is 0 Å². The minimum atomic E-state index is -1.62. The molecule has 0 radical (unpaired) electrons. The van der Waals surface area contributed by atoms with Gasteiger partial charge in [-0.3, -0.25) is 0 Å². The van der Waals surface area contributed by atoms with Crippen LogP contribution in [0.5, 0.6) is 0 Å². The molecule has 2 rings (SSSR count). The van der Waals surface area contributed by atoms with Crippen molar-refractivity contribution in [2.45, 2.75) is 61.4 Å². The third kappa shape index (κ3) is 3.96. The second kappa shape index (κ2) is 8.15.